The highest BCUT2D eigenvalue weighted by atomic mass is 19.1. The minimum Gasteiger partial charge on any atom is -0.311 e. The highest BCUT2D eigenvalue weighted by molar-refractivity contribution is 5.94. The molecule has 4 heteroatoms. The zero-order chi connectivity index (χ0) is 19.2. The molecule has 1 saturated carbocycles. The van der Waals surface area contributed by atoms with Gasteiger partial charge >= 0.3 is 0 Å². The van der Waals surface area contributed by atoms with Crippen LogP contribution in [0.15, 0.2) is 18.2 Å². The molecule has 4 rings (SSSR count). The normalized spacial score (nSPS) is 28.0. The van der Waals surface area contributed by atoms with E-state index < -0.39 is 0 Å². The van der Waals surface area contributed by atoms with E-state index in [1.54, 1.807) is 19.1 Å². The Labute approximate surface area is 162 Å². The van der Waals surface area contributed by atoms with Crippen molar-refractivity contribution >= 4 is 11.6 Å². The zero-order valence-corrected chi connectivity index (χ0v) is 17.0. The van der Waals surface area contributed by atoms with Gasteiger partial charge in [-0.15, -0.1) is 0 Å². The van der Waals surface area contributed by atoms with E-state index in [0.29, 0.717) is 0 Å². The van der Waals surface area contributed by atoms with Gasteiger partial charge in [0.05, 0.1) is 0 Å². The van der Waals surface area contributed by atoms with E-state index >= 15 is 0 Å². The first-order valence-electron chi connectivity index (χ1n) is 10.7. The minimum atomic E-state index is -0.187. The summed E-state index contributed by atoms with van der Waals surface area (Å²) in [6.07, 6.45) is 7.40. The summed E-state index contributed by atoms with van der Waals surface area (Å²) in [5.41, 5.74) is 1.92. The van der Waals surface area contributed by atoms with Gasteiger partial charge in [0, 0.05) is 30.6 Å². The second-order valence-electron chi connectivity index (χ2n) is 9.40. The summed E-state index contributed by atoms with van der Waals surface area (Å²) in [6, 6.07) is 5.67. The van der Waals surface area contributed by atoms with Crippen LogP contribution in [0.25, 0.3) is 0 Å². The number of likely N-dealkylation sites (tertiary alicyclic amines) is 1. The Bertz CT molecular complexity index is 700. The number of benzene rings is 1. The van der Waals surface area contributed by atoms with E-state index in [0.717, 1.165) is 61.6 Å². The van der Waals surface area contributed by atoms with Gasteiger partial charge in [-0.1, -0.05) is 13.8 Å². The Balaban J connectivity index is 1.46. The summed E-state index contributed by atoms with van der Waals surface area (Å²) >= 11 is 0. The Morgan fingerprint density at radius 1 is 1.15 bits per heavy atom. The molecule has 0 unspecified atom stereocenters. The van der Waals surface area contributed by atoms with Gasteiger partial charge in [-0.3, -0.25) is 4.79 Å². The van der Waals surface area contributed by atoms with Crippen LogP contribution in [0.1, 0.15) is 64.9 Å². The lowest BCUT2D eigenvalue weighted by atomic mass is 9.73. The molecule has 1 aliphatic carbocycles. The molecule has 2 heterocycles. The van der Waals surface area contributed by atoms with Crippen molar-refractivity contribution in [1.82, 2.24) is 4.90 Å². The molecule has 1 aromatic carbocycles. The maximum atomic E-state index is 14.0. The van der Waals surface area contributed by atoms with Gasteiger partial charge in [0.1, 0.15) is 5.82 Å². The summed E-state index contributed by atoms with van der Waals surface area (Å²) in [6.45, 7) is 9.18. The number of piperidine rings is 1. The predicted octanol–water partition coefficient (Wildman–Crippen LogP) is 4.74. The molecule has 2 aliphatic heterocycles. The van der Waals surface area contributed by atoms with E-state index in [1.807, 2.05) is 4.90 Å². The molecule has 3 nitrogen and oxygen atoms in total. The van der Waals surface area contributed by atoms with Crippen molar-refractivity contribution in [2.45, 2.75) is 70.8 Å². The molecule has 0 atom stereocenters. The number of hydrogen-bond donors (Lipinski definition) is 0. The summed E-state index contributed by atoms with van der Waals surface area (Å²) < 4.78 is 14.0. The van der Waals surface area contributed by atoms with Crippen LogP contribution < -0.4 is 4.90 Å². The van der Waals surface area contributed by atoms with Gasteiger partial charge in [-0.25, -0.2) is 4.39 Å². The van der Waals surface area contributed by atoms with Gasteiger partial charge < -0.3 is 9.80 Å². The molecule has 148 valence electrons. The molecule has 3 aliphatic rings. The molecule has 0 N–H and O–H groups in total. The molecular formula is C23H33FN2O. The van der Waals surface area contributed by atoms with E-state index in [2.05, 4.69) is 18.7 Å². The molecule has 1 amide bonds. The Morgan fingerprint density at radius 2 is 1.81 bits per heavy atom. The number of fused-ring (bicyclic) bond motifs is 2. The highest BCUT2D eigenvalue weighted by Gasteiger charge is 2.46. The number of rotatable bonds is 2. The van der Waals surface area contributed by atoms with Gasteiger partial charge in [-0.2, -0.15) is 0 Å². The molecule has 1 spiro atoms. The van der Waals surface area contributed by atoms with Crippen LogP contribution in [0.5, 0.6) is 0 Å². The van der Waals surface area contributed by atoms with Crippen LogP contribution in [-0.4, -0.2) is 36.5 Å². The van der Waals surface area contributed by atoms with E-state index in [4.69, 9.17) is 0 Å². The van der Waals surface area contributed by atoms with Gasteiger partial charge in [0.15, 0.2) is 0 Å². The topological polar surface area (TPSA) is 23.6 Å². The van der Waals surface area contributed by atoms with Gasteiger partial charge in [-0.05, 0) is 87.2 Å². The van der Waals surface area contributed by atoms with Crippen LogP contribution >= 0.6 is 0 Å². The van der Waals surface area contributed by atoms with E-state index in [9.17, 15) is 9.18 Å². The molecule has 1 aromatic rings. The first-order valence-corrected chi connectivity index (χ1v) is 10.7. The average Bonchev–Trinajstić information content (AvgIpc) is 2.96. The molecule has 2 fully saturated rings. The third-order valence-corrected chi connectivity index (χ3v) is 7.62. The number of nitrogens with zero attached hydrogens (tertiary/aromatic N) is 2. The number of anilines is 1. The molecule has 27 heavy (non-hydrogen) atoms. The summed E-state index contributed by atoms with van der Waals surface area (Å²) in [5, 5.41) is 0. The molecule has 0 radical (unpaired) electrons. The average molecular weight is 373 g/mol. The predicted molar refractivity (Wildman–Crippen MR) is 107 cm³/mol. The van der Waals surface area contributed by atoms with E-state index in [-0.39, 0.29) is 17.1 Å². The van der Waals surface area contributed by atoms with Gasteiger partial charge in [0.2, 0.25) is 5.91 Å². The van der Waals surface area contributed by atoms with Crippen LogP contribution in [-0.2, 0) is 10.2 Å². The van der Waals surface area contributed by atoms with Crippen molar-refractivity contribution in [3.8, 4) is 0 Å². The summed E-state index contributed by atoms with van der Waals surface area (Å²) in [5.74, 6) is 1.58. The summed E-state index contributed by atoms with van der Waals surface area (Å²) in [7, 11) is 0. The lowest BCUT2D eigenvalue weighted by Gasteiger charge is -2.45. The van der Waals surface area contributed by atoms with Crippen molar-refractivity contribution in [3.63, 3.8) is 0 Å². The van der Waals surface area contributed by atoms with Crippen LogP contribution in [0.4, 0.5) is 10.1 Å². The maximum absolute atomic E-state index is 14.0. The monoisotopic (exact) mass is 372 g/mol. The Hall–Kier alpha value is -1.42. The highest BCUT2D eigenvalue weighted by Crippen LogP contribution is 2.48. The number of halogens is 1. The SMILES string of the molecule is CC(=O)N1CC2(CCN(C3CCC(C(C)C)CC3)CC2)c2cc(F)ccc21. The smallest absolute Gasteiger partial charge is 0.223 e. The van der Waals surface area contributed by atoms with Crippen LogP contribution in [0.3, 0.4) is 0 Å². The Kier molecular flexibility index (Phi) is 5.04. The van der Waals surface area contributed by atoms with Gasteiger partial charge in [0.25, 0.3) is 0 Å². The third kappa shape index (κ3) is 3.41. The fourth-order valence-corrected chi connectivity index (χ4v) is 5.80. The van der Waals surface area contributed by atoms with Crippen molar-refractivity contribution in [3.05, 3.63) is 29.6 Å². The lowest BCUT2D eigenvalue weighted by Crippen LogP contribution is -2.49. The quantitative estimate of drug-likeness (QED) is 0.748. The van der Waals surface area contributed by atoms with Crippen molar-refractivity contribution in [1.29, 1.82) is 0 Å². The second kappa shape index (κ2) is 7.20. The molecule has 1 saturated heterocycles. The second-order valence-corrected chi connectivity index (χ2v) is 9.40. The maximum Gasteiger partial charge on any atom is 0.223 e. The number of amides is 1. The molecule has 0 bridgehead atoms. The van der Waals surface area contributed by atoms with E-state index in [1.165, 1.54) is 31.7 Å². The molecular weight excluding hydrogens is 339 g/mol. The minimum absolute atomic E-state index is 0.0608. The molecule has 0 aromatic heterocycles. The summed E-state index contributed by atoms with van der Waals surface area (Å²) in [4.78, 5) is 16.7. The lowest BCUT2D eigenvalue weighted by molar-refractivity contribution is -0.116. The van der Waals surface area contributed by atoms with Crippen molar-refractivity contribution in [2.75, 3.05) is 24.5 Å². The third-order valence-electron chi connectivity index (χ3n) is 7.62. The first kappa shape index (κ1) is 18.9. The number of carbonyl (C=O) groups excluding carboxylic acids is 1. The van der Waals surface area contributed by atoms with Crippen molar-refractivity contribution < 1.29 is 9.18 Å². The zero-order valence-electron chi connectivity index (χ0n) is 17.0. The number of carbonyl (C=O) groups is 1. The van der Waals surface area contributed by atoms with Crippen LogP contribution in [0, 0.1) is 17.7 Å². The Morgan fingerprint density at radius 3 is 2.41 bits per heavy atom. The van der Waals surface area contributed by atoms with Crippen molar-refractivity contribution in [2.24, 2.45) is 11.8 Å². The first-order chi connectivity index (χ1) is 12.9. The standard InChI is InChI=1S/C23H33FN2O/c1-16(2)18-4-7-20(8-5-18)25-12-10-23(11-13-25)15-26(17(3)27)22-9-6-19(24)14-21(22)23/h6,9,14,16,18,20H,4-5,7-8,10-13,15H2,1-3H3. The number of hydrogen-bond acceptors (Lipinski definition) is 2. The fourth-order valence-electron chi connectivity index (χ4n) is 5.80. The van der Waals surface area contributed by atoms with Crippen LogP contribution in [0.2, 0.25) is 0 Å². The fraction of sp³-hybridized carbons (Fsp3) is 0.696. The largest absolute Gasteiger partial charge is 0.311 e.